The molecule has 2 heteroatoms. The van der Waals surface area contributed by atoms with Gasteiger partial charge in [0.1, 0.15) is 11.2 Å². The van der Waals surface area contributed by atoms with E-state index in [0.717, 1.165) is 27.5 Å². The molecule has 1 atom stereocenters. The van der Waals surface area contributed by atoms with Crippen molar-refractivity contribution in [2.75, 3.05) is 0 Å². The maximum absolute atomic E-state index is 6.15. The lowest BCUT2D eigenvalue weighted by Crippen LogP contribution is -2.18. The number of benzene rings is 2. The van der Waals surface area contributed by atoms with E-state index in [1.54, 1.807) is 0 Å². The van der Waals surface area contributed by atoms with Crippen LogP contribution < -0.4 is 0 Å². The van der Waals surface area contributed by atoms with Crippen LogP contribution in [0.3, 0.4) is 0 Å². The highest BCUT2D eigenvalue weighted by molar-refractivity contribution is 6.05. The van der Waals surface area contributed by atoms with Gasteiger partial charge in [0.25, 0.3) is 0 Å². The predicted octanol–water partition coefficient (Wildman–Crippen LogP) is 5.55. The first-order valence-corrected chi connectivity index (χ1v) is 7.45. The Labute approximate surface area is 129 Å². The second-order valence-corrected chi connectivity index (χ2v) is 5.62. The third-order valence-corrected chi connectivity index (χ3v) is 4.22. The molecule has 0 radical (unpaired) electrons. The molecule has 1 aliphatic rings. The van der Waals surface area contributed by atoms with Gasteiger partial charge < -0.3 is 9.32 Å². The molecule has 0 aliphatic carbocycles. The van der Waals surface area contributed by atoms with Crippen LogP contribution in [-0.4, -0.2) is 4.90 Å². The summed E-state index contributed by atoms with van der Waals surface area (Å²) in [4.78, 5) is 2.11. The van der Waals surface area contributed by atoms with Gasteiger partial charge in [-0.1, -0.05) is 54.6 Å². The average Bonchev–Trinajstić information content (AvgIpc) is 2.93. The number of nitrogens with zero attached hydrogens (tertiary/aromatic N) is 1. The summed E-state index contributed by atoms with van der Waals surface area (Å²) in [6.45, 7) is 6.04. The van der Waals surface area contributed by atoms with Crippen molar-refractivity contribution < 1.29 is 4.42 Å². The van der Waals surface area contributed by atoms with Gasteiger partial charge in [-0.3, -0.25) is 0 Å². The van der Waals surface area contributed by atoms with E-state index in [0.29, 0.717) is 0 Å². The number of fused-ring (bicyclic) bond motifs is 3. The van der Waals surface area contributed by atoms with Gasteiger partial charge in [-0.25, -0.2) is 0 Å². The molecule has 2 heterocycles. The lowest BCUT2D eigenvalue weighted by molar-refractivity contribution is 0.431. The molecule has 108 valence electrons. The van der Waals surface area contributed by atoms with Crippen LogP contribution in [0.1, 0.15) is 18.5 Å². The second kappa shape index (κ2) is 4.92. The van der Waals surface area contributed by atoms with Gasteiger partial charge in [-0.15, -0.1) is 0 Å². The molecule has 1 aromatic heterocycles. The zero-order chi connectivity index (χ0) is 15.1. The maximum Gasteiger partial charge on any atom is 0.141 e. The zero-order valence-corrected chi connectivity index (χ0v) is 12.5. The van der Waals surface area contributed by atoms with Gasteiger partial charge in [-0.05, 0) is 25.3 Å². The van der Waals surface area contributed by atoms with Crippen LogP contribution in [0.4, 0.5) is 0 Å². The molecule has 0 fully saturated rings. The van der Waals surface area contributed by atoms with Crippen molar-refractivity contribution in [2.24, 2.45) is 0 Å². The first-order chi connectivity index (χ1) is 10.8. The number of rotatable bonds is 2. The van der Waals surface area contributed by atoms with Crippen molar-refractivity contribution >= 4 is 21.9 Å². The lowest BCUT2D eigenvalue weighted by Gasteiger charge is -2.28. The smallest absolute Gasteiger partial charge is 0.141 e. The van der Waals surface area contributed by atoms with Gasteiger partial charge in [-0.2, -0.15) is 0 Å². The van der Waals surface area contributed by atoms with Gasteiger partial charge in [0, 0.05) is 22.5 Å². The molecule has 2 aromatic carbocycles. The second-order valence-electron chi connectivity index (χ2n) is 5.62. The molecule has 0 saturated carbocycles. The van der Waals surface area contributed by atoms with Crippen LogP contribution in [0.25, 0.3) is 21.9 Å². The average molecular weight is 287 g/mol. The topological polar surface area (TPSA) is 16.4 Å². The largest absolute Gasteiger partial charge is 0.456 e. The van der Waals surface area contributed by atoms with E-state index in [2.05, 4.69) is 61.0 Å². The highest BCUT2D eigenvalue weighted by Gasteiger charge is 2.21. The highest BCUT2D eigenvalue weighted by atomic mass is 16.3. The van der Waals surface area contributed by atoms with Crippen molar-refractivity contribution in [3.05, 3.63) is 84.7 Å². The van der Waals surface area contributed by atoms with Gasteiger partial charge in [0.15, 0.2) is 0 Å². The summed E-state index contributed by atoms with van der Waals surface area (Å²) in [5, 5.41) is 2.33. The fourth-order valence-electron chi connectivity index (χ4n) is 3.11. The fourth-order valence-corrected chi connectivity index (χ4v) is 3.11. The Bertz CT molecular complexity index is 929. The van der Waals surface area contributed by atoms with E-state index < -0.39 is 0 Å². The van der Waals surface area contributed by atoms with Crippen LogP contribution in [-0.2, 0) is 0 Å². The van der Waals surface area contributed by atoms with Gasteiger partial charge in [0.05, 0.1) is 6.04 Å². The normalized spacial score (nSPS) is 18.0. The summed E-state index contributed by atoms with van der Waals surface area (Å²) in [7, 11) is 0. The molecule has 3 aromatic rings. The quantitative estimate of drug-likeness (QED) is 0.614. The third-order valence-electron chi connectivity index (χ3n) is 4.22. The fraction of sp³-hybridized carbons (Fsp3) is 0.100. The number of allylic oxidation sites excluding steroid dienone is 2. The molecule has 0 saturated heterocycles. The highest BCUT2D eigenvalue weighted by Crippen LogP contribution is 2.37. The standard InChI is InChI=1S/C20H17NO/c1-3-21-12-11-14(2)13-18(21)17-9-6-8-16-15-7-4-5-10-19(15)22-20(16)17/h3-13,18H,1H2,2H3. The molecule has 0 spiro atoms. The molecular formula is C20H17NO. The van der Waals surface area contributed by atoms with Crippen molar-refractivity contribution in [3.8, 4) is 0 Å². The number of hydrogen-bond donors (Lipinski definition) is 0. The Hall–Kier alpha value is -2.74. The Morgan fingerprint density at radius 1 is 1.09 bits per heavy atom. The molecule has 2 nitrogen and oxygen atoms in total. The lowest BCUT2D eigenvalue weighted by atomic mass is 9.98. The molecule has 0 N–H and O–H groups in total. The zero-order valence-electron chi connectivity index (χ0n) is 12.5. The summed E-state index contributed by atoms with van der Waals surface area (Å²) in [6.07, 6.45) is 8.25. The van der Waals surface area contributed by atoms with Crippen LogP contribution in [0, 0.1) is 0 Å². The van der Waals surface area contributed by atoms with E-state index in [1.165, 1.54) is 5.57 Å². The Balaban J connectivity index is 1.98. The molecular weight excluding hydrogens is 270 g/mol. The van der Waals surface area contributed by atoms with E-state index in [-0.39, 0.29) is 6.04 Å². The van der Waals surface area contributed by atoms with Crippen LogP contribution in [0.5, 0.6) is 0 Å². The minimum Gasteiger partial charge on any atom is -0.456 e. The first kappa shape index (κ1) is 13.0. The maximum atomic E-state index is 6.15. The van der Waals surface area contributed by atoms with E-state index >= 15 is 0 Å². The van der Waals surface area contributed by atoms with E-state index in [9.17, 15) is 0 Å². The molecule has 0 amide bonds. The SMILES string of the molecule is C=CN1C=CC(C)=CC1c1cccc2c1oc1ccccc12. The molecule has 4 rings (SSSR count). The third kappa shape index (κ3) is 1.88. The first-order valence-electron chi connectivity index (χ1n) is 7.45. The minimum absolute atomic E-state index is 0.117. The summed E-state index contributed by atoms with van der Waals surface area (Å²) in [5.74, 6) is 0. The van der Waals surface area contributed by atoms with Gasteiger partial charge >= 0.3 is 0 Å². The van der Waals surface area contributed by atoms with Crippen molar-refractivity contribution in [3.63, 3.8) is 0 Å². The summed E-state index contributed by atoms with van der Waals surface area (Å²) in [6, 6.07) is 14.7. The Morgan fingerprint density at radius 2 is 1.91 bits per heavy atom. The van der Waals surface area contributed by atoms with E-state index in [1.807, 2.05) is 24.4 Å². The molecule has 0 bridgehead atoms. The minimum atomic E-state index is 0.117. The van der Waals surface area contributed by atoms with E-state index in [4.69, 9.17) is 4.42 Å². The molecule has 1 unspecified atom stereocenters. The Kier molecular flexibility index (Phi) is 2.90. The van der Waals surface area contributed by atoms with Crippen molar-refractivity contribution in [2.45, 2.75) is 13.0 Å². The predicted molar refractivity (Wildman–Crippen MR) is 91.4 cm³/mol. The summed E-state index contributed by atoms with van der Waals surface area (Å²) < 4.78 is 6.15. The van der Waals surface area contributed by atoms with Crippen molar-refractivity contribution in [1.29, 1.82) is 0 Å². The number of para-hydroxylation sites is 2. The number of hydrogen-bond acceptors (Lipinski definition) is 2. The molecule has 1 aliphatic heterocycles. The number of furan rings is 1. The molecule has 22 heavy (non-hydrogen) atoms. The Morgan fingerprint density at radius 3 is 2.77 bits per heavy atom. The monoisotopic (exact) mass is 287 g/mol. The van der Waals surface area contributed by atoms with Crippen LogP contribution >= 0.6 is 0 Å². The van der Waals surface area contributed by atoms with Crippen LogP contribution in [0.2, 0.25) is 0 Å². The van der Waals surface area contributed by atoms with Crippen molar-refractivity contribution in [1.82, 2.24) is 4.90 Å². The summed E-state index contributed by atoms with van der Waals surface area (Å²) >= 11 is 0. The summed E-state index contributed by atoms with van der Waals surface area (Å²) in [5.41, 5.74) is 4.30. The van der Waals surface area contributed by atoms with Gasteiger partial charge in [0.2, 0.25) is 0 Å². The van der Waals surface area contributed by atoms with Crippen LogP contribution in [0.15, 0.2) is 83.6 Å².